The molecule has 1 aromatic carbocycles. The van der Waals surface area contributed by atoms with Crippen LogP contribution in [0.1, 0.15) is 44.6 Å². The van der Waals surface area contributed by atoms with Crippen LogP contribution in [0.25, 0.3) is 0 Å². The maximum Gasteiger partial charge on any atom is 0.321 e. The van der Waals surface area contributed by atoms with E-state index in [1.165, 1.54) is 25.5 Å². The molecular formula is C19H28N2O5S. The van der Waals surface area contributed by atoms with Crippen LogP contribution in [-0.4, -0.2) is 50.9 Å². The number of benzene rings is 1. The third-order valence-electron chi connectivity index (χ3n) is 4.86. The summed E-state index contributed by atoms with van der Waals surface area (Å²) < 4.78 is 31.7. The summed E-state index contributed by atoms with van der Waals surface area (Å²) in [5.41, 5.74) is 0.933. The van der Waals surface area contributed by atoms with E-state index in [2.05, 4.69) is 4.72 Å². The average Bonchev–Trinajstić information content (AvgIpc) is 2.66. The molecule has 0 spiro atoms. The van der Waals surface area contributed by atoms with E-state index in [0.29, 0.717) is 0 Å². The van der Waals surface area contributed by atoms with Gasteiger partial charge in [0.1, 0.15) is 6.54 Å². The van der Waals surface area contributed by atoms with Crippen LogP contribution < -0.4 is 4.72 Å². The normalized spacial score (nSPS) is 16.6. The van der Waals surface area contributed by atoms with Crippen LogP contribution in [0.2, 0.25) is 0 Å². The molecule has 0 saturated heterocycles. The van der Waals surface area contributed by atoms with Crippen LogP contribution in [0, 0.1) is 6.92 Å². The van der Waals surface area contributed by atoms with Gasteiger partial charge in [-0.25, -0.2) is 8.42 Å². The first-order valence-electron chi connectivity index (χ1n) is 9.23. The molecule has 1 aromatic rings. The molecule has 0 aliphatic heterocycles. The fourth-order valence-corrected chi connectivity index (χ4v) is 4.15. The van der Waals surface area contributed by atoms with Gasteiger partial charge in [0.25, 0.3) is 5.91 Å². The SMILES string of the molecule is Cc1ccc(S(=O)(=O)NCC(=O)O[C@@H](C)C(=O)N(C)C2CCCCC2)cc1. The third kappa shape index (κ3) is 6.04. The lowest BCUT2D eigenvalue weighted by Crippen LogP contribution is -2.45. The van der Waals surface area contributed by atoms with Crippen molar-refractivity contribution in [3.05, 3.63) is 29.8 Å². The van der Waals surface area contributed by atoms with Gasteiger partial charge in [0, 0.05) is 13.1 Å². The molecule has 1 aliphatic rings. The third-order valence-corrected chi connectivity index (χ3v) is 6.28. The van der Waals surface area contributed by atoms with Crippen molar-refractivity contribution < 1.29 is 22.7 Å². The number of likely N-dealkylation sites (N-methyl/N-ethyl adjacent to an activating group) is 1. The summed E-state index contributed by atoms with van der Waals surface area (Å²) in [6.45, 7) is 2.83. The summed E-state index contributed by atoms with van der Waals surface area (Å²) in [5.74, 6) is -1.06. The number of sulfonamides is 1. The number of carbonyl (C=O) groups excluding carboxylic acids is 2. The molecule has 2 rings (SSSR count). The number of esters is 1. The van der Waals surface area contributed by atoms with E-state index in [9.17, 15) is 18.0 Å². The fraction of sp³-hybridized carbons (Fsp3) is 0.579. The molecule has 27 heavy (non-hydrogen) atoms. The molecule has 0 bridgehead atoms. The molecule has 150 valence electrons. The Hall–Kier alpha value is -1.93. The molecular weight excluding hydrogens is 368 g/mol. The highest BCUT2D eigenvalue weighted by atomic mass is 32.2. The minimum atomic E-state index is -3.81. The van der Waals surface area contributed by atoms with Crippen molar-refractivity contribution in [2.75, 3.05) is 13.6 Å². The maximum atomic E-state index is 12.4. The minimum Gasteiger partial charge on any atom is -0.452 e. The number of aryl methyl sites for hydroxylation is 1. The Morgan fingerprint density at radius 1 is 1.19 bits per heavy atom. The van der Waals surface area contributed by atoms with Gasteiger partial charge in [0.05, 0.1) is 4.90 Å². The van der Waals surface area contributed by atoms with Crippen LogP contribution >= 0.6 is 0 Å². The van der Waals surface area contributed by atoms with Crippen LogP contribution in [-0.2, 0) is 24.3 Å². The topological polar surface area (TPSA) is 92.8 Å². The van der Waals surface area contributed by atoms with E-state index < -0.39 is 28.6 Å². The molecule has 0 aromatic heterocycles. The van der Waals surface area contributed by atoms with Crippen molar-refractivity contribution in [1.29, 1.82) is 0 Å². The van der Waals surface area contributed by atoms with E-state index in [4.69, 9.17) is 4.74 Å². The second kappa shape index (κ2) is 9.32. The number of carbonyl (C=O) groups is 2. The largest absolute Gasteiger partial charge is 0.452 e. The smallest absolute Gasteiger partial charge is 0.321 e. The zero-order chi connectivity index (χ0) is 20.0. The van der Waals surface area contributed by atoms with Crippen molar-refractivity contribution in [2.24, 2.45) is 0 Å². The highest BCUT2D eigenvalue weighted by molar-refractivity contribution is 7.89. The van der Waals surface area contributed by atoms with E-state index in [-0.39, 0.29) is 16.8 Å². The first-order chi connectivity index (χ1) is 12.7. The van der Waals surface area contributed by atoms with Crippen LogP contribution in [0.3, 0.4) is 0 Å². The lowest BCUT2D eigenvalue weighted by Gasteiger charge is -2.32. The number of ether oxygens (including phenoxy) is 1. The van der Waals surface area contributed by atoms with Gasteiger partial charge >= 0.3 is 5.97 Å². The lowest BCUT2D eigenvalue weighted by molar-refractivity contribution is -0.158. The van der Waals surface area contributed by atoms with Gasteiger partial charge in [-0.1, -0.05) is 37.0 Å². The predicted octanol–water partition coefficient (Wildman–Crippen LogP) is 2.00. The summed E-state index contributed by atoms with van der Waals surface area (Å²) in [7, 11) is -2.08. The molecule has 8 heteroatoms. The van der Waals surface area contributed by atoms with Gasteiger partial charge in [0.2, 0.25) is 10.0 Å². The molecule has 1 N–H and O–H groups in total. The zero-order valence-corrected chi connectivity index (χ0v) is 16.9. The monoisotopic (exact) mass is 396 g/mol. The Bertz CT molecular complexity index is 755. The van der Waals surface area contributed by atoms with Crippen molar-refractivity contribution in [3.63, 3.8) is 0 Å². The van der Waals surface area contributed by atoms with Gasteiger partial charge in [0.15, 0.2) is 6.10 Å². The number of nitrogens with one attached hydrogen (secondary N) is 1. The van der Waals surface area contributed by atoms with Gasteiger partial charge in [-0.05, 0) is 38.8 Å². The molecule has 1 aliphatic carbocycles. The Kier molecular flexibility index (Phi) is 7.38. The number of hydrogen-bond donors (Lipinski definition) is 1. The van der Waals surface area contributed by atoms with Gasteiger partial charge in [-0.3, -0.25) is 9.59 Å². The lowest BCUT2D eigenvalue weighted by atomic mass is 9.94. The highest BCUT2D eigenvalue weighted by Crippen LogP contribution is 2.22. The Labute approximate surface area is 161 Å². The Morgan fingerprint density at radius 3 is 2.37 bits per heavy atom. The minimum absolute atomic E-state index is 0.0713. The van der Waals surface area contributed by atoms with Crippen LogP contribution in [0.5, 0.6) is 0 Å². The van der Waals surface area contributed by atoms with Crippen LogP contribution in [0.15, 0.2) is 29.2 Å². The van der Waals surface area contributed by atoms with Gasteiger partial charge in [-0.2, -0.15) is 4.72 Å². The van der Waals surface area contributed by atoms with E-state index >= 15 is 0 Å². The standard InChI is InChI=1S/C19H28N2O5S/c1-14-9-11-17(12-10-14)27(24,25)20-13-18(22)26-15(2)19(23)21(3)16-7-5-4-6-8-16/h9-12,15-16,20H,4-8,13H2,1-3H3/t15-/m0/s1. The zero-order valence-electron chi connectivity index (χ0n) is 16.1. The Balaban J connectivity index is 1.85. The molecule has 1 amide bonds. The van der Waals surface area contributed by atoms with E-state index in [1.54, 1.807) is 24.1 Å². The molecule has 0 unspecified atom stereocenters. The number of rotatable bonds is 7. The molecule has 1 saturated carbocycles. The first-order valence-corrected chi connectivity index (χ1v) is 10.7. The number of amides is 1. The summed E-state index contributed by atoms with van der Waals surface area (Å²) in [4.78, 5) is 26.1. The average molecular weight is 397 g/mol. The summed E-state index contributed by atoms with van der Waals surface area (Å²) >= 11 is 0. The molecule has 7 nitrogen and oxygen atoms in total. The predicted molar refractivity (Wildman–Crippen MR) is 102 cm³/mol. The summed E-state index contributed by atoms with van der Waals surface area (Å²) in [6.07, 6.45) is 4.34. The molecule has 1 fully saturated rings. The van der Waals surface area contributed by atoms with E-state index in [1.807, 2.05) is 6.92 Å². The molecule has 0 radical (unpaired) electrons. The first kappa shape index (κ1) is 21.4. The second-order valence-corrected chi connectivity index (χ2v) is 8.78. The van der Waals surface area contributed by atoms with Crippen molar-refractivity contribution in [2.45, 2.75) is 63.0 Å². The maximum absolute atomic E-state index is 12.4. The van der Waals surface area contributed by atoms with Crippen LogP contribution in [0.4, 0.5) is 0 Å². The van der Waals surface area contributed by atoms with Gasteiger partial charge in [-0.15, -0.1) is 0 Å². The van der Waals surface area contributed by atoms with E-state index in [0.717, 1.165) is 31.2 Å². The molecule has 1 atom stereocenters. The second-order valence-electron chi connectivity index (χ2n) is 7.01. The van der Waals surface area contributed by atoms with Crippen molar-refractivity contribution >= 4 is 21.9 Å². The van der Waals surface area contributed by atoms with Crippen molar-refractivity contribution in [1.82, 2.24) is 9.62 Å². The molecule has 0 heterocycles. The number of hydrogen-bond acceptors (Lipinski definition) is 5. The fourth-order valence-electron chi connectivity index (χ4n) is 3.18. The summed E-state index contributed by atoms with van der Waals surface area (Å²) in [5, 5.41) is 0. The highest BCUT2D eigenvalue weighted by Gasteiger charge is 2.28. The number of nitrogens with zero attached hydrogens (tertiary/aromatic N) is 1. The summed E-state index contributed by atoms with van der Waals surface area (Å²) in [6, 6.07) is 6.46. The van der Waals surface area contributed by atoms with Crippen molar-refractivity contribution in [3.8, 4) is 0 Å². The van der Waals surface area contributed by atoms with Gasteiger partial charge < -0.3 is 9.64 Å². The Morgan fingerprint density at radius 2 is 1.78 bits per heavy atom. The quantitative estimate of drug-likeness (QED) is 0.712.